The number of carbonyl (C=O) groups excluding carboxylic acids is 1. The number of piperidine rings is 1. The number of benzene rings is 2. The van der Waals surface area contributed by atoms with E-state index in [0.717, 1.165) is 5.75 Å². The first kappa shape index (κ1) is 23.5. The zero-order valence-corrected chi connectivity index (χ0v) is 19.9. The molecule has 4 rings (SSSR count). The lowest BCUT2D eigenvalue weighted by atomic mass is 9.93. The topological polar surface area (TPSA) is 112 Å². The van der Waals surface area contributed by atoms with Crippen molar-refractivity contribution in [1.82, 2.24) is 14.9 Å². The lowest BCUT2D eigenvalue weighted by Crippen LogP contribution is -2.48. The Bertz CT molecular complexity index is 1240. The molecule has 2 heterocycles. The summed E-state index contributed by atoms with van der Waals surface area (Å²) >= 11 is 1.71. The van der Waals surface area contributed by atoms with Crippen LogP contribution in [0.1, 0.15) is 30.1 Å². The Balaban J connectivity index is 1.44. The minimum Gasteiger partial charge on any atom is -0.389 e. The summed E-state index contributed by atoms with van der Waals surface area (Å²) in [4.78, 5) is 22.9. The number of rotatable bonds is 7. The highest BCUT2D eigenvalue weighted by molar-refractivity contribution is 7.99. The number of thioether (sulfide) groups is 1. The maximum Gasteiger partial charge on any atom is 0.264 e. The number of likely N-dealkylation sites (tertiary alicyclic amines) is 1. The highest BCUT2D eigenvalue weighted by Crippen LogP contribution is 2.27. The van der Waals surface area contributed by atoms with Crippen molar-refractivity contribution in [2.75, 3.05) is 29.3 Å². The number of hydrogen-bond donors (Lipinski definition) is 2. The van der Waals surface area contributed by atoms with E-state index >= 15 is 0 Å². The predicted octanol–water partition coefficient (Wildman–Crippen LogP) is 3.15. The SMILES string of the molecule is CCSCC1(O)CCN(C(=O)c2ccc(NS(=O)(=O)c3cccc4nccnc34)cc2)CC1. The van der Waals surface area contributed by atoms with Crippen molar-refractivity contribution in [1.29, 1.82) is 0 Å². The number of anilines is 1. The number of sulfonamides is 1. The third-order valence-corrected chi connectivity index (χ3v) is 8.25. The van der Waals surface area contributed by atoms with Gasteiger partial charge in [-0.1, -0.05) is 13.0 Å². The minimum absolute atomic E-state index is 0.0373. The zero-order chi connectivity index (χ0) is 23.5. The van der Waals surface area contributed by atoms with Gasteiger partial charge in [-0.2, -0.15) is 11.8 Å². The third kappa shape index (κ3) is 5.29. The molecule has 1 aliphatic rings. The van der Waals surface area contributed by atoms with Gasteiger partial charge in [0.15, 0.2) is 0 Å². The molecule has 1 saturated heterocycles. The van der Waals surface area contributed by atoms with Crippen molar-refractivity contribution in [3.8, 4) is 0 Å². The van der Waals surface area contributed by atoms with E-state index in [2.05, 4.69) is 21.6 Å². The number of carbonyl (C=O) groups is 1. The Labute approximate surface area is 197 Å². The Hall–Kier alpha value is -2.69. The average molecular weight is 487 g/mol. The van der Waals surface area contributed by atoms with Gasteiger partial charge in [0.05, 0.1) is 11.1 Å². The first-order chi connectivity index (χ1) is 15.8. The maximum absolute atomic E-state index is 12.9. The number of amides is 1. The van der Waals surface area contributed by atoms with Crippen molar-refractivity contribution in [2.24, 2.45) is 0 Å². The van der Waals surface area contributed by atoms with Crippen LogP contribution in [-0.2, 0) is 10.0 Å². The van der Waals surface area contributed by atoms with Gasteiger partial charge in [-0.25, -0.2) is 8.42 Å². The van der Waals surface area contributed by atoms with Crippen molar-refractivity contribution >= 4 is 44.4 Å². The fourth-order valence-electron chi connectivity index (χ4n) is 3.82. The zero-order valence-electron chi connectivity index (χ0n) is 18.3. The smallest absolute Gasteiger partial charge is 0.264 e. The molecule has 0 atom stereocenters. The van der Waals surface area contributed by atoms with Crippen molar-refractivity contribution in [3.05, 3.63) is 60.4 Å². The van der Waals surface area contributed by atoms with E-state index in [1.807, 2.05) is 0 Å². The normalized spacial score (nSPS) is 16.0. The van der Waals surface area contributed by atoms with Crippen LogP contribution in [0, 0.1) is 0 Å². The van der Waals surface area contributed by atoms with E-state index in [-0.39, 0.29) is 10.8 Å². The number of nitrogens with zero attached hydrogens (tertiary/aromatic N) is 3. The summed E-state index contributed by atoms with van der Waals surface area (Å²) in [6.07, 6.45) is 4.07. The van der Waals surface area contributed by atoms with Gasteiger partial charge in [-0.15, -0.1) is 0 Å². The first-order valence-corrected chi connectivity index (χ1v) is 13.4. The second kappa shape index (κ2) is 9.66. The Morgan fingerprint density at radius 2 is 1.82 bits per heavy atom. The van der Waals surface area contributed by atoms with Crippen LogP contribution in [0.5, 0.6) is 0 Å². The maximum atomic E-state index is 12.9. The van der Waals surface area contributed by atoms with Crippen molar-refractivity contribution in [2.45, 2.75) is 30.3 Å². The molecule has 0 radical (unpaired) electrons. The summed E-state index contributed by atoms with van der Waals surface area (Å²) in [6, 6.07) is 11.2. The summed E-state index contributed by atoms with van der Waals surface area (Å²) in [5.74, 6) is 1.51. The predicted molar refractivity (Wildman–Crippen MR) is 130 cm³/mol. The largest absolute Gasteiger partial charge is 0.389 e. The highest BCUT2D eigenvalue weighted by atomic mass is 32.2. The first-order valence-electron chi connectivity index (χ1n) is 10.7. The molecular weight excluding hydrogens is 460 g/mol. The number of fused-ring (bicyclic) bond motifs is 1. The molecule has 1 amide bonds. The Kier molecular flexibility index (Phi) is 6.87. The van der Waals surface area contributed by atoms with Gasteiger partial charge in [-0.05, 0) is 55.0 Å². The number of para-hydroxylation sites is 1. The number of nitrogens with one attached hydrogen (secondary N) is 1. The van der Waals surface area contributed by atoms with E-state index in [0.29, 0.717) is 54.0 Å². The molecule has 0 saturated carbocycles. The van der Waals surface area contributed by atoms with Gasteiger partial charge >= 0.3 is 0 Å². The molecule has 0 unspecified atom stereocenters. The molecule has 10 heteroatoms. The van der Waals surface area contributed by atoms with Gasteiger partial charge in [0.1, 0.15) is 10.4 Å². The van der Waals surface area contributed by atoms with Crippen LogP contribution in [-0.4, -0.2) is 64.5 Å². The van der Waals surface area contributed by atoms with Crippen LogP contribution < -0.4 is 4.72 Å². The molecule has 2 aromatic carbocycles. The van der Waals surface area contributed by atoms with Crippen molar-refractivity contribution in [3.63, 3.8) is 0 Å². The van der Waals surface area contributed by atoms with E-state index in [9.17, 15) is 18.3 Å². The molecule has 0 spiro atoms. The van der Waals surface area contributed by atoms with Gasteiger partial charge in [0.25, 0.3) is 15.9 Å². The molecule has 2 N–H and O–H groups in total. The standard InChI is InChI=1S/C23H26N4O4S2/c1-2-32-16-23(29)10-14-27(15-11-23)22(28)17-6-8-18(9-7-17)26-33(30,31)20-5-3-4-19-21(20)25-13-12-24-19/h3-9,12-13,26,29H,2,10-11,14-16H2,1H3. The van der Waals surface area contributed by atoms with E-state index in [1.54, 1.807) is 53.1 Å². The van der Waals surface area contributed by atoms with Gasteiger partial charge in [0.2, 0.25) is 0 Å². The van der Waals surface area contributed by atoms with Crippen LogP contribution in [0.4, 0.5) is 5.69 Å². The van der Waals surface area contributed by atoms with Gasteiger partial charge < -0.3 is 10.0 Å². The number of aromatic nitrogens is 2. The van der Waals surface area contributed by atoms with E-state index in [4.69, 9.17) is 0 Å². The van der Waals surface area contributed by atoms with Crippen LogP contribution in [0.2, 0.25) is 0 Å². The molecule has 1 aromatic heterocycles. The molecule has 1 aliphatic heterocycles. The molecular formula is C23H26N4O4S2. The molecule has 174 valence electrons. The Morgan fingerprint density at radius 1 is 1.12 bits per heavy atom. The molecule has 0 bridgehead atoms. The van der Waals surface area contributed by atoms with Crippen LogP contribution >= 0.6 is 11.8 Å². The third-order valence-electron chi connectivity index (χ3n) is 5.69. The fourth-order valence-corrected chi connectivity index (χ4v) is 5.92. The molecule has 1 fully saturated rings. The van der Waals surface area contributed by atoms with Gasteiger partial charge in [0, 0.05) is 42.5 Å². The molecule has 8 nitrogen and oxygen atoms in total. The Morgan fingerprint density at radius 3 is 2.52 bits per heavy atom. The highest BCUT2D eigenvalue weighted by Gasteiger charge is 2.33. The van der Waals surface area contributed by atoms with Gasteiger partial charge in [-0.3, -0.25) is 19.5 Å². The number of aliphatic hydroxyl groups is 1. The van der Waals surface area contributed by atoms with Crippen LogP contribution in [0.3, 0.4) is 0 Å². The molecule has 3 aromatic rings. The summed E-state index contributed by atoms with van der Waals surface area (Å²) in [7, 11) is -3.89. The minimum atomic E-state index is -3.89. The molecule has 0 aliphatic carbocycles. The monoisotopic (exact) mass is 486 g/mol. The summed E-state index contributed by atoms with van der Waals surface area (Å²) in [6.45, 7) is 3.05. The summed E-state index contributed by atoms with van der Waals surface area (Å²) in [5.41, 5.74) is 0.884. The fraction of sp³-hybridized carbons (Fsp3) is 0.348. The number of hydrogen-bond acceptors (Lipinski definition) is 7. The lowest BCUT2D eigenvalue weighted by molar-refractivity contribution is 0.00163. The van der Waals surface area contributed by atoms with E-state index in [1.165, 1.54) is 18.5 Å². The van der Waals surface area contributed by atoms with Crippen LogP contribution in [0.15, 0.2) is 59.8 Å². The average Bonchev–Trinajstić information content (AvgIpc) is 2.83. The quantitative estimate of drug-likeness (QED) is 0.527. The second-order valence-corrected chi connectivity index (χ2v) is 10.9. The second-order valence-electron chi connectivity index (χ2n) is 8.02. The van der Waals surface area contributed by atoms with E-state index < -0.39 is 15.6 Å². The van der Waals surface area contributed by atoms with Crippen molar-refractivity contribution < 1.29 is 18.3 Å². The molecule has 33 heavy (non-hydrogen) atoms. The lowest BCUT2D eigenvalue weighted by Gasteiger charge is -2.38. The summed E-state index contributed by atoms with van der Waals surface area (Å²) < 4.78 is 28.4. The van der Waals surface area contributed by atoms with Crippen LogP contribution in [0.25, 0.3) is 11.0 Å². The summed E-state index contributed by atoms with van der Waals surface area (Å²) in [5, 5.41) is 10.6.